The molecule has 6 nitrogen and oxygen atoms in total. The molecule has 1 unspecified atom stereocenters. The summed E-state index contributed by atoms with van der Waals surface area (Å²) in [4.78, 5) is 4.72. The fourth-order valence-electron chi connectivity index (χ4n) is 3.33. The van der Waals surface area contributed by atoms with Gasteiger partial charge in [0, 0.05) is 26.1 Å². The lowest BCUT2D eigenvalue weighted by Crippen LogP contribution is -2.40. The summed E-state index contributed by atoms with van der Waals surface area (Å²) in [5, 5.41) is 6.84. The number of furan rings is 1. The number of benzene rings is 1. The Balaban J connectivity index is 1.53. The summed E-state index contributed by atoms with van der Waals surface area (Å²) >= 11 is 0. The number of hydrogen-bond acceptors (Lipinski definition) is 4. The average molecular weight is 386 g/mol. The first-order valence-corrected chi connectivity index (χ1v) is 10.0. The van der Waals surface area contributed by atoms with E-state index in [-0.39, 0.29) is 6.10 Å². The third kappa shape index (κ3) is 6.30. The third-order valence-corrected chi connectivity index (χ3v) is 4.84. The summed E-state index contributed by atoms with van der Waals surface area (Å²) in [6.07, 6.45) is 5.84. The fraction of sp³-hybridized carbons (Fsp3) is 0.500. The highest BCUT2D eigenvalue weighted by molar-refractivity contribution is 5.79. The molecule has 1 aliphatic rings. The van der Waals surface area contributed by atoms with Gasteiger partial charge in [-0.2, -0.15) is 0 Å². The molecule has 152 valence electrons. The second-order valence-corrected chi connectivity index (χ2v) is 7.07. The second-order valence-electron chi connectivity index (χ2n) is 7.07. The van der Waals surface area contributed by atoms with Crippen LogP contribution in [0.25, 0.3) is 0 Å². The highest BCUT2D eigenvalue weighted by Crippen LogP contribution is 2.19. The SMILES string of the molecule is COc1ccc(C)cc1CCNC(=NCC1CCCO1)NCCc1ccco1. The van der Waals surface area contributed by atoms with Crippen LogP contribution < -0.4 is 15.4 Å². The third-order valence-electron chi connectivity index (χ3n) is 4.84. The molecule has 1 saturated heterocycles. The number of nitrogens with one attached hydrogen (secondary N) is 2. The molecule has 0 amide bonds. The van der Waals surface area contributed by atoms with Gasteiger partial charge < -0.3 is 24.5 Å². The molecule has 2 heterocycles. The van der Waals surface area contributed by atoms with Crippen LogP contribution >= 0.6 is 0 Å². The lowest BCUT2D eigenvalue weighted by Gasteiger charge is -2.15. The zero-order valence-corrected chi connectivity index (χ0v) is 16.9. The quantitative estimate of drug-likeness (QED) is 0.513. The Hall–Kier alpha value is -2.47. The summed E-state index contributed by atoms with van der Waals surface area (Å²) in [7, 11) is 1.71. The first-order valence-electron chi connectivity index (χ1n) is 10.0. The minimum absolute atomic E-state index is 0.237. The fourth-order valence-corrected chi connectivity index (χ4v) is 3.33. The van der Waals surface area contributed by atoms with Crippen LogP contribution in [0.1, 0.15) is 29.7 Å². The monoisotopic (exact) mass is 385 g/mol. The Bertz CT molecular complexity index is 737. The Labute approximate surface area is 167 Å². The molecule has 1 aliphatic heterocycles. The Kier molecular flexibility index (Phi) is 7.79. The predicted octanol–water partition coefficient (Wildman–Crippen LogP) is 3.10. The maximum Gasteiger partial charge on any atom is 0.191 e. The molecule has 2 aromatic rings. The summed E-state index contributed by atoms with van der Waals surface area (Å²) < 4.78 is 16.6. The van der Waals surface area contributed by atoms with Crippen molar-refractivity contribution in [3.8, 4) is 5.75 Å². The molecule has 1 aromatic carbocycles. The molecule has 3 rings (SSSR count). The minimum Gasteiger partial charge on any atom is -0.496 e. The molecule has 1 aromatic heterocycles. The van der Waals surface area contributed by atoms with Crippen molar-refractivity contribution in [2.24, 2.45) is 4.99 Å². The smallest absolute Gasteiger partial charge is 0.191 e. The summed E-state index contributed by atoms with van der Waals surface area (Å²) in [5.74, 6) is 2.71. The van der Waals surface area contributed by atoms with Gasteiger partial charge in [-0.3, -0.25) is 4.99 Å². The van der Waals surface area contributed by atoms with Crippen LogP contribution in [0.15, 0.2) is 46.0 Å². The lowest BCUT2D eigenvalue weighted by molar-refractivity contribution is 0.117. The maximum absolute atomic E-state index is 5.69. The van der Waals surface area contributed by atoms with Gasteiger partial charge in [-0.25, -0.2) is 0 Å². The van der Waals surface area contributed by atoms with Crippen molar-refractivity contribution in [2.75, 3.05) is 33.4 Å². The van der Waals surface area contributed by atoms with E-state index < -0.39 is 0 Å². The number of aliphatic imine (C=N–C) groups is 1. The molecule has 0 spiro atoms. The van der Waals surface area contributed by atoms with Crippen molar-refractivity contribution in [1.29, 1.82) is 0 Å². The van der Waals surface area contributed by atoms with Crippen LogP contribution in [-0.2, 0) is 17.6 Å². The van der Waals surface area contributed by atoms with E-state index in [4.69, 9.17) is 18.9 Å². The summed E-state index contributed by atoms with van der Waals surface area (Å²) in [6.45, 7) is 5.17. The number of aryl methyl sites for hydroxylation is 1. The number of rotatable bonds is 9. The molecule has 0 radical (unpaired) electrons. The second kappa shape index (κ2) is 10.8. The van der Waals surface area contributed by atoms with Crippen molar-refractivity contribution in [2.45, 2.75) is 38.7 Å². The Morgan fingerprint density at radius 2 is 2.07 bits per heavy atom. The molecule has 1 fully saturated rings. The van der Waals surface area contributed by atoms with Gasteiger partial charge in [0.15, 0.2) is 5.96 Å². The van der Waals surface area contributed by atoms with Crippen LogP contribution in [0.3, 0.4) is 0 Å². The van der Waals surface area contributed by atoms with E-state index in [2.05, 4.69) is 29.7 Å². The molecule has 28 heavy (non-hydrogen) atoms. The Morgan fingerprint density at radius 3 is 2.79 bits per heavy atom. The first-order chi connectivity index (χ1) is 13.7. The van der Waals surface area contributed by atoms with Crippen molar-refractivity contribution in [3.05, 3.63) is 53.5 Å². The standard InChI is InChI=1S/C22H31N3O3/c1-17-7-8-21(26-2)18(15-17)9-11-23-22(25-16-20-6-4-14-28-20)24-12-10-19-5-3-13-27-19/h3,5,7-8,13,15,20H,4,6,9-12,14,16H2,1-2H3,(H2,23,24,25). The lowest BCUT2D eigenvalue weighted by atomic mass is 10.1. The van der Waals surface area contributed by atoms with Crippen LogP contribution in [0.5, 0.6) is 5.75 Å². The molecule has 1 atom stereocenters. The number of ether oxygens (including phenoxy) is 2. The largest absolute Gasteiger partial charge is 0.496 e. The van der Waals surface area contributed by atoms with Crippen LogP contribution in [0.4, 0.5) is 0 Å². The molecule has 0 aliphatic carbocycles. The van der Waals surface area contributed by atoms with E-state index in [9.17, 15) is 0 Å². The molecular weight excluding hydrogens is 354 g/mol. The number of methoxy groups -OCH3 is 1. The first kappa shape index (κ1) is 20.3. The normalized spacial score (nSPS) is 16.9. The molecule has 6 heteroatoms. The van der Waals surface area contributed by atoms with Gasteiger partial charge >= 0.3 is 0 Å². The highest BCUT2D eigenvalue weighted by Gasteiger charge is 2.15. The van der Waals surface area contributed by atoms with E-state index in [0.29, 0.717) is 6.54 Å². The highest BCUT2D eigenvalue weighted by atomic mass is 16.5. The van der Waals surface area contributed by atoms with Gasteiger partial charge in [-0.1, -0.05) is 17.7 Å². The summed E-state index contributed by atoms with van der Waals surface area (Å²) in [5.41, 5.74) is 2.43. The van der Waals surface area contributed by atoms with Crippen LogP contribution in [0, 0.1) is 6.92 Å². The van der Waals surface area contributed by atoms with Crippen molar-refractivity contribution >= 4 is 5.96 Å². The van der Waals surface area contributed by atoms with Crippen molar-refractivity contribution in [3.63, 3.8) is 0 Å². The molecule has 0 saturated carbocycles. The van der Waals surface area contributed by atoms with Gasteiger partial charge in [0.1, 0.15) is 11.5 Å². The predicted molar refractivity (Wildman–Crippen MR) is 111 cm³/mol. The number of hydrogen-bond donors (Lipinski definition) is 2. The van der Waals surface area contributed by atoms with Gasteiger partial charge in [0.2, 0.25) is 0 Å². The van der Waals surface area contributed by atoms with E-state index in [1.807, 2.05) is 18.2 Å². The van der Waals surface area contributed by atoms with Gasteiger partial charge in [-0.15, -0.1) is 0 Å². The number of guanidine groups is 1. The van der Waals surface area contributed by atoms with Crippen molar-refractivity contribution < 1.29 is 13.9 Å². The molecule has 2 N–H and O–H groups in total. The summed E-state index contributed by atoms with van der Waals surface area (Å²) in [6, 6.07) is 10.2. The maximum atomic E-state index is 5.69. The van der Waals surface area contributed by atoms with Gasteiger partial charge in [0.05, 0.1) is 26.0 Å². The van der Waals surface area contributed by atoms with Crippen molar-refractivity contribution in [1.82, 2.24) is 10.6 Å². The van der Waals surface area contributed by atoms with Gasteiger partial charge in [-0.05, 0) is 49.9 Å². The zero-order valence-electron chi connectivity index (χ0n) is 16.9. The number of nitrogens with zero attached hydrogens (tertiary/aromatic N) is 1. The minimum atomic E-state index is 0.237. The Morgan fingerprint density at radius 1 is 1.21 bits per heavy atom. The van der Waals surface area contributed by atoms with E-state index in [1.165, 1.54) is 11.1 Å². The van der Waals surface area contributed by atoms with Crippen LogP contribution in [0.2, 0.25) is 0 Å². The molecular formula is C22H31N3O3. The van der Waals surface area contributed by atoms with Gasteiger partial charge in [0.25, 0.3) is 0 Å². The van der Waals surface area contributed by atoms with E-state index in [1.54, 1.807) is 13.4 Å². The van der Waals surface area contributed by atoms with E-state index >= 15 is 0 Å². The zero-order chi connectivity index (χ0) is 19.6. The van der Waals surface area contributed by atoms with Crippen LogP contribution in [-0.4, -0.2) is 45.4 Å². The molecule has 0 bridgehead atoms. The topological polar surface area (TPSA) is 68.0 Å². The van der Waals surface area contributed by atoms with E-state index in [0.717, 1.165) is 62.8 Å². The average Bonchev–Trinajstić information content (AvgIpc) is 3.40.